The number of nitrogens with zero attached hydrogens (tertiary/aromatic N) is 3. The number of para-hydroxylation sites is 1. The summed E-state index contributed by atoms with van der Waals surface area (Å²) in [6.45, 7) is 3.53. The standard InChI is InChI=1S/C24H30FN3S2.C4H4O4/c1-27(24-26-23-7-3-2-6-19(23)18-30-24)21-12-15-28(16-13-21)14-4-5-17-29-22-10-8-20(25)9-11-22;5-3(6)1-2-4(7)8/h2-3,6-11,21H,4-5,12-18H2,1H3;1-2H,(H,5,6)(H,7,8)/b;2-1-. The summed E-state index contributed by atoms with van der Waals surface area (Å²) in [5.74, 6) is -0.551. The smallest absolute Gasteiger partial charge is 0.328 e. The van der Waals surface area contributed by atoms with Gasteiger partial charge in [-0.3, -0.25) is 0 Å². The van der Waals surface area contributed by atoms with Crippen molar-refractivity contribution in [2.24, 2.45) is 4.99 Å². The Bertz CT molecular complexity index is 1100. The summed E-state index contributed by atoms with van der Waals surface area (Å²) in [6, 6.07) is 15.9. The first-order valence-corrected chi connectivity index (χ1v) is 14.6. The van der Waals surface area contributed by atoms with Crippen LogP contribution in [0, 0.1) is 5.82 Å². The van der Waals surface area contributed by atoms with Crippen molar-refractivity contribution in [3.8, 4) is 0 Å². The summed E-state index contributed by atoms with van der Waals surface area (Å²) in [6.07, 6.45) is 5.97. The van der Waals surface area contributed by atoms with Gasteiger partial charge in [-0.2, -0.15) is 0 Å². The largest absolute Gasteiger partial charge is 0.478 e. The Hall–Kier alpha value is -2.82. The van der Waals surface area contributed by atoms with E-state index in [1.165, 1.54) is 56.0 Å². The third kappa shape index (κ3) is 10.2. The third-order valence-electron chi connectivity index (χ3n) is 6.29. The van der Waals surface area contributed by atoms with Crippen LogP contribution in [0.15, 0.2) is 70.6 Å². The summed E-state index contributed by atoms with van der Waals surface area (Å²) >= 11 is 3.69. The van der Waals surface area contributed by atoms with Gasteiger partial charge < -0.3 is 20.0 Å². The van der Waals surface area contributed by atoms with Gasteiger partial charge in [0, 0.05) is 49.0 Å². The molecule has 10 heteroatoms. The Balaban J connectivity index is 0.000000436. The highest BCUT2D eigenvalue weighted by Crippen LogP contribution is 2.33. The van der Waals surface area contributed by atoms with Crippen molar-refractivity contribution >= 4 is 46.3 Å². The number of hydrogen-bond donors (Lipinski definition) is 2. The van der Waals surface area contributed by atoms with Gasteiger partial charge in [-0.1, -0.05) is 30.0 Å². The number of piperidine rings is 1. The quantitative estimate of drug-likeness (QED) is 0.228. The molecule has 0 aromatic heterocycles. The second kappa shape index (κ2) is 15.6. The normalized spacial score (nSPS) is 15.8. The molecule has 1 saturated heterocycles. The highest BCUT2D eigenvalue weighted by Gasteiger charge is 2.26. The monoisotopic (exact) mass is 559 g/mol. The lowest BCUT2D eigenvalue weighted by atomic mass is 10.0. The van der Waals surface area contributed by atoms with Crippen molar-refractivity contribution in [2.75, 3.05) is 32.4 Å². The van der Waals surface area contributed by atoms with Crippen LogP contribution in [0.1, 0.15) is 31.2 Å². The molecular weight excluding hydrogens is 525 g/mol. The molecule has 0 radical (unpaired) electrons. The maximum absolute atomic E-state index is 13.0. The summed E-state index contributed by atoms with van der Waals surface area (Å²) in [5.41, 5.74) is 2.47. The lowest BCUT2D eigenvalue weighted by molar-refractivity contribution is -0.134. The van der Waals surface area contributed by atoms with Crippen LogP contribution < -0.4 is 0 Å². The van der Waals surface area contributed by atoms with Gasteiger partial charge in [0.15, 0.2) is 5.17 Å². The average molecular weight is 560 g/mol. The predicted octanol–water partition coefficient (Wildman–Crippen LogP) is 5.74. The Labute approximate surface area is 231 Å². The Morgan fingerprint density at radius 2 is 1.74 bits per heavy atom. The Morgan fingerprint density at radius 1 is 1.08 bits per heavy atom. The van der Waals surface area contributed by atoms with E-state index in [0.717, 1.165) is 22.1 Å². The minimum absolute atomic E-state index is 0.160. The van der Waals surface area contributed by atoms with Crippen LogP contribution >= 0.6 is 23.5 Å². The second-order valence-corrected chi connectivity index (χ2v) is 11.1. The lowest BCUT2D eigenvalue weighted by Crippen LogP contribution is -2.45. The van der Waals surface area contributed by atoms with Gasteiger partial charge in [-0.25, -0.2) is 19.0 Å². The van der Waals surface area contributed by atoms with E-state index in [1.807, 2.05) is 35.7 Å². The van der Waals surface area contributed by atoms with E-state index in [4.69, 9.17) is 15.2 Å². The number of hydrogen-bond acceptors (Lipinski definition) is 7. The van der Waals surface area contributed by atoms with Crippen molar-refractivity contribution in [2.45, 2.75) is 42.4 Å². The number of aliphatic imine (C=N–C) groups is 1. The van der Waals surface area contributed by atoms with Crippen molar-refractivity contribution in [1.29, 1.82) is 0 Å². The van der Waals surface area contributed by atoms with E-state index in [0.29, 0.717) is 18.2 Å². The number of unbranched alkanes of at least 4 members (excludes halogenated alkanes) is 1. The molecule has 0 unspecified atom stereocenters. The number of aliphatic carboxylic acids is 2. The fourth-order valence-electron chi connectivity index (χ4n) is 4.19. The fraction of sp³-hybridized carbons (Fsp3) is 0.393. The van der Waals surface area contributed by atoms with Crippen LogP contribution in [0.2, 0.25) is 0 Å². The number of thioether (sulfide) groups is 2. The van der Waals surface area contributed by atoms with E-state index in [-0.39, 0.29) is 5.82 Å². The molecule has 0 atom stereocenters. The molecule has 2 aliphatic rings. The maximum atomic E-state index is 13.0. The van der Waals surface area contributed by atoms with Crippen LogP contribution in [0.5, 0.6) is 0 Å². The van der Waals surface area contributed by atoms with E-state index >= 15 is 0 Å². The highest BCUT2D eigenvalue weighted by atomic mass is 32.2. The second-order valence-electron chi connectivity index (χ2n) is 9.01. The molecule has 0 aliphatic carbocycles. The van der Waals surface area contributed by atoms with Crippen molar-refractivity contribution in [3.05, 3.63) is 72.1 Å². The molecule has 2 aromatic carbocycles. The third-order valence-corrected chi connectivity index (χ3v) is 8.48. The molecule has 7 nitrogen and oxygen atoms in total. The minimum atomic E-state index is -1.26. The van der Waals surface area contributed by atoms with Gasteiger partial charge >= 0.3 is 11.9 Å². The molecule has 0 bridgehead atoms. The highest BCUT2D eigenvalue weighted by molar-refractivity contribution is 8.13. The summed E-state index contributed by atoms with van der Waals surface area (Å²) in [5, 5.41) is 16.8. The number of carboxylic acids is 2. The summed E-state index contributed by atoms with van der Waals surface area (Å²) < 4.78 is 13.0. The van der Waals surface area contributed by atoms with Gasteiger partial charge in [0.1, 0.15) is 5.82 Å². The minimum Gasteiger partial charge on any atom is -0.478 e. The number of benzene rings is 2. The van der Waals surface area contributed by atoms with Gasteiger partial charge in [-0.15, -0.1) is 11.8 Å². The number of amidine groups is 1. The predicted molar refractivity (Wildman–Crippen MR) is 153 cm³/mol. The first-order chi connectivity index (χ1) is 18.3. The molecule has 38 heavy (non-hydrogen) atoms. The molecule has 1 fully saturated rings. The Morgan fingerprint density at radius 3 is 2.39 bits per heavy atom. The van der Waals surface area contributed by atoms with Gasteiger partial charge in [0.25, 0.3) is 0 Å². The molecule has 2 aromatic rings. The lowest BCUT2D eigenvalue weighted by Gasteiger charge is -2.38. The topological polar surface area (TPSA) is 93.4 Å². The van der Waals surface area contributed by atoms with E-state index < -0.39 is 11.9 Å². The van der Waals surface area contributed by atoms with E-state index in [9.17, 15) is 14.0 Å². The Kier molecular flexibility index (Phi) is 12.2. The van der Waals surface area contributed by atoms with Crippen molar-refractivity contribution in [3.63, 3.8) is 0 Å². The molecule has 0 spiro atoms. The zero-order chi connectivity index (χ0) is 27.3. The number of rotatable bonds is 9. The fourth-order valence-corrected chi connectivity index (χ4v) is 6.14. The van der Waals surface area contributed by atoms with Crippen molar-refractivity contribution < 1.29 is 24.2 Å². The molecule has 0 saturated carbocycles. The van der Waals surface area contributed by atoms with Gasteiger partial charge in [0.2, 0.25) is 0 Å². The summed E-state index contributed by atoms with van der Waals surface area (Å²) in [7, 11) is 2.22. The van der Waals surface area contributed by atoms with Crippen LogP contribution in [-0.4, -0.2) is 75.6 Å². The van der Waals surface area contributed by atoms with Gasteiger partial charge in [-0.05, 0) is 73.9 Å². The summed E-state index contributed by atoms with van der Waals surface area (Å²) in [4.78, 5) is 30.2. The van der Waals surface area contributed by atoms with Crippen molar-refractivity contribution in [1.82, 2.24) is 9.80 Å². The molecular formula is C28H34FN3O4S2. The van der Waals surface area contributed by atoms with Crippen LogP contribution in [0.25, 0.3) is 0 Å². The molecule has 4 rings (SSSR count). The number of halogens is 1. The van der Waals surface area contributed by atoms with Gasteiger partial charge in [0.05, 0.1) is 5.69 Å². The number of carbonyl (C=O) groups is 2. The number of fused-ring (bicyclic) bond motifs is 1. The SMILES string of the molecule is CN(C1=Nc2ccccc2CS1)C1CCN(CCCCSc2ccc(F)cc2)CC1.O=C(O)/C=C\C(=O)O. The first-order valence-electron chi connectivity index (χ1n) is 12.6. The molecule has 204 valence electrons. The molecule has 2 N–H and O–H groups in total. The maximum Gasteiger partial charge on any atom is 0.328 e. The molecule has 2 heterocycles. The average Bonchev–Trinajstić information content (AvgIpc) is 2.93. The number of carboxylic acid groups (broad SMARTS) is 2. The molecule has 2 aliphatic heterocycles. The van der Waals surface area contributed by atoms with Crippen LogP contribution in [0.4, 0.5) is 10.1 Å². The zero-order valence-corrected chi connectivity index (χ0v) is 23.1. The van der Waals surface area contributed by atoms with E-state index in [1.54, 1.807) is 12.1 Å². The zero-order valence-electron chi connectivity index (χ0n) is 21.5. The first kappa shape index (κ1) is 29.7. The van der Waals surface area contributed by atoms with E-state index in [2.05, 4.69) is 41.1 Å². The number of likely N-dealkylation sites (tertiary alicyclic amines) is 1. The molecule has 0 amide bonds. The van der Waals surface area contributed by atoms with Crippen LogP contribution in [0.3, 0.4) is 0 Å². The van der Waals surface area contributed by atoms with Crippen LogP contribution in [-0.2, 0) is 15.3 Å².